The third-order valence-corrected chi connectivity index (χ3v) is 3.69. The topological polar surface area (TPSA) is 59.5 Å². The van der Waals surface area contributed by atoms with E-state index in [4.69, 9.17) is 9.47 Å². The first kappa shape index (κ1) is 15.9. The molecule has 2 aromatic rings. The molecular weight excluding hydrogens is 292 g/mol. The van der Waals surface area contributed by atoms with Gasteiger partial charge in [-0.25, -0.2) is 9.97 Å². The maximum Gasteiger partial charge on any atom is 0.321 e. The Morgan fingerprint density at radius 3 is 2.78 bits per heavy atom. The number of hydrogen-bond donors (Lipinski definition) is 1. The van der Waals surface area contributed by atoms with Crippen molar-refractivity contribution < 1.29 is 9.47 Å². The van der Waals surface area contributed by atoms with E-state index in [9.17, 15) is 0 Å². The van der Waals surface area contributed by atoms with Gasteiger partial charge in [-0.05, 0) is 23.8 Å². The molecule has 1 aromatic carbocycles. The number of ether oxygens (including phenoxy) is 2. The van der Waals surface area contributed by atoms with Crippen LogP contribution in [0.1, 0.15) is 5.56 Å². The minimum absolute atomic E-state index is 0.366. The Labute approximate surface area is 136 Å². The first-order chi connectivity index (χ1) is 11.4. The van der Waals surface area contributed by atoms with Crippen LogP contribution in [-0.4, -0.2) is 54.3 Å². The molecule has 1 aromatic heterocycles. The lowest BCUT2D eigenvalue weighted by Crippen LogP contribution is -2.40. The molecule has 2 heterocycles. The molecule has 6 nitrogen and oxygen atoms in total. The predicted octanol–water partition coefficient (Wildman–Crippen LogP) is 1.69. The Morgan fingerprint density at radius 2 is 1.96 bits per heavy atom. The summed E-state index contributed by atoms with van der Waals surface area (Å²) < 4.78 is 11.0. The van der Waals surface area contributed by atoms with E-state index >= 15 is 0 Å². The van der Waals surface area contributed by atoms with Gasteiger partial charge in [-0.15, -0.1) is 0 Å². The Kier molecular flexibility index (Phi) is 5.91. The molecule has 0 bridgehead atoms. The zero-order valence-electron chi connectivity index (χ0n) is 13.1. The van der Waals surface area contributed by atoms with Crippen LogP contribution in [0.4, 0.5) is 0 Å². The highest BCUT2D eigenvalue weighted by Crippen LogP contribution is 2.18. The van der Waals surface area contributed by atoms with Gasteiger partial charge >= 0.3 is 6.01 Å². The molecular formula is C17H22N4O2. The summed E-state index contributed by atoms with van der Waals surface area (Å²) in [5.41, 5.74) is 1.18. The first-order valence-corrected chi connectivity index (χ1v) is 7.95. The first-order valence-electron chi connectivity index (χ1n) is 7.95. The summed E-state index contributed by atoms with van der Waals surface area (Å²) in [7, 11) is 0. The lowest BCUT2D eigenvalue weighted by Gasteiger charge is -2.26. The molecule has 1 saturated heterocycles. The maximum absolute atomic E-state index is 5.65. The second-order valence-electron chi connectivity index (χ2n) is 5.41. The molecule has 1 N–H and O–H groups in total. The van der Waals surface area contributed by atoms with E-state index < -0.39 is 0 Å². The molecule has 3 rings (SSSR count). The smallest absolute Gasteiger partial charge is 0.321 e. The highest BCUT2D eigenvalue weighted by Gasteiger charge is 2.09. The average Bonchev–Trinajstić information content (AvgIpc) is 2.61. The summed E-state index contributed by atoms with van der Waals surface area (Å²) in [6, 6.07) is 10.1. The van der Waals surface area contributed by atoms with E-state index in [0.29, 0.717) is 6.01 Å². The molecule has 0 saturated carbocycles. The third-order valence-electron chi connectivity index (χ3n) is 3.69. The molecule has 0 spiro atoms. The number of aromatic nitrogens is 2. The van der Waals surface area contributed by atoms with Crippen molar-refractivity contribution in [3.63, 3.8) is 0 Å². The van der Waals surface area contributed by atoms with Crippen molar-refractivity contribution in [3.05, 3.63) is 48.3 Å². The predicted molar refractivity (Wildman–Crippen MR) is 87.5 cm³/mol. The molecule has 1 fully saturated rings. The Hall–Kier alpha value is -2.02. The molecule has 122 valence electrons. The standard InChI is InChI=1S/C17H22N4O2/c1-3-15(14-18-7-8-21-9-11-22-12-10-21)13-16(4-1)23-17-19-5-2-6-20-17/h1-6,13,18H,7-12,14H2. The molecule has 6 heteroatoms. The number of nitrogens with zero attached hydrogens (tertiary/aromatic N) is 3. The van der Waals surface area contributed by atoms with Crippen LogP contribution in [0.3, 0.4) is 0 Å². The zero-order chi connectivity index (χ0) is 15.7. The fourth-order valence-corrected chi connectivity index (χ4v) is 2.46. The van der Waals surface area contributed by atoms with E-state index in [2.05, 4.69) is 26.3 Å². The number of hydrogen-bond acceptors (Lipinski definition) is 6. The molecule has 0 unspecified atom stereocenters. The Morgan fingerprint density at radius 1 is 1.13 bits per heavy atom. The van der Waals surface area contributed by atoms with Gasteiger partial charge in [0.25, 0.3) is 0 Å². The van der Waals surface area contributed by atoms with Crippen molar-refractivity contribution in [2.24, 2.45) is 0 Å². The van der Waals surface area contributed by atoms with Crippen molar-refractivity contribution in [2.75, 3.05) is 39.4 Å². The van der Waals surface area contributed by atoms with Gasteiger partial charge in [0, 0.05) is 45.1 Å². The summed E-state index contributed by atoms with van der Waals surface area (Å²) >= 11 is 0. The minimum Gasteiger partial charge on any atom is -0.424 e. The molecule has 1 aliphatic heterocycles. The quantitative estimate of drug-likeness (QED) is 0.785. The van der Waals surface area contributed by atoms with Crippen LogP contribution in [0, 0.1) is 0 Å². The molecule has 0 radical (unpaired) electrons. The van der Waals surface area contributed by atoms with Crippen LogP contribution in [0.2, 0.25) is 0 Å². The van der Waals surface area contributed by atoms with Crippen LogP contribution in [0.5, 0.6) is 11.8 Å². The fraction of sp³-hybridized carbons (Fsp3) is 0.412. The van der Waals surface area contributed by atoms with Crippen LogP contribution in [0.15, 0.2) is 42.7 Å². The van der Waals surface area contributed by atoms with E-state index in [1.54, 1.807) is 18.5 Å². The van der Waals surface area contributed by atoms with E-state index in [1.165, 1.54) is 5.56 Å². The number of nitrogens with one attached hydrogen (secondary N) is 1. The highest BCUT2D eigenvalue weighted by atomic mass is 16.5. The number of benzene rings is 1. The van der Waals surface area contributed by atoms with Gasteiger partial charge in [0.15, 0.2) is 0 Å². The van der Waals surface area contributed by atoms with Gasteiger partial charge < -0.3 is 14.8 Å². The van der Waals surface area contributed by atoms with Crippen LogP contribution in [0.25, 0.3) is 0 Å². The Balaban J connectivity index is 1.44. The average molecular weight is 314 g/mol. The lowest BCUT2D eigenvalue weighted by atomic mass is 10.2. The van der Waals surface area contributed by atoms with E-state index in [1.807, 2.05) is 18.2 Å². The van der Waals surface area contributed by atoms with Gasteiger partial charge in [-0.2, -0.15) is 0 Å². The molecule has 0 aliphatic carbocycles. The van der Waals surface area contributed by atoms with Gasteiger partial charge in [0.2, 0.25) is 0 Å². The highest BCUT2D eigenvalue weighted by molar-refractivity contribution is 5.30. The summed E-state index contributed by atoms with van der Waals surface area (Å²) in [5.74, 6) is 0.753. The van der Waals surface area contributed by atoms with E-state index in [-0.39, 0.29) is 0 Å². The summed E-state index contributed by atoms with van der Waals surface area (Å²) in [4.78, 5) is 10.6. The Bertz CT molecular complexity index is 588. The van der Waals surface area contributed by atoms with Crippen LogP contribution < -0.4 is 10.1 Å². The van der Waals surface area contributed by atoms with Gasteiger partial charge in [0.1, 0.15) is 5.75 Å². The van der Waals surface area contributed by atoms with Gasteiger partial charge in [-0.1, -0.05) is 12.1 Å². The summed E-state index contributed by atoms with van der Waals surface area (Å²) in [6.07, 6.45) is 3.33. The number of morpholine rings is 1. The van der Waals surface area contributed by atoms with Crippen molar-refractivity contribution in [1.29, 1.82) is 0 Å². The van der Waals surface area contributed by atoms with Crippen molar-refractivity contribution >= 4 is 0 Å². The second-order valence-corrected chi connectivity index (χ2v) is 5.41. The third kappa shape index (κ3) is 5.28. The van der Waals surface area contributed by atoms with Crippen molar-refractivity contribution in [1.82, 2.24) is 20.2 Å². The normalized spacial score (nSPS) is 15.5. The fourth-order valence-electron chi connectivity index (χ4n) is 2.46. The van der Waals surface area contributed by atoms with Gasteiger partial charge in [0.05, 0.1) is 13.2 Å². The minimum atomic E-state index is 0.366. The van der Waals surface area contributed by atoms with Crippen molar-refractivity contribution in [3.8, 4) is 11.8 Å². The molecule has 0 atom stereocenters. The summed E-state index contributed by atoms with van der Waals surface area (Å²) in [5, 5.41) is 3.47. The van der Waals surface area contributed by atoms with Crippen LogP contribution in [-0.2, 0) is 11.3 Å². The molecule has 23 heavy (non-hydrogen) atoms. The maximum atomic E-state index is 5.65. The molecule has 1 aliphatic rings. The summed E-state index contributed by atoms with van der Waals surface area (Å²) in [6.45, 7) is 6.59. The van der Waals surface area contributed by atoms with Gasteiger partial charge in [-0.3, -0.25) is 4.90 Å². The second kappa shape index (κ2) is 8.57. The lowest BCUT2D eigenvalue weighted by molar-refractivity contribution is 0.0384. The monoisotopic (exact) mass is 314 g/mol. The number of rotatable bonds is 7. The van der Waals surface area contributed by atoms with E-state index in [0.717, 1.165) is 51.7 Å². The van der Waals surface area contributed by atoms with Crippen LogP contribution >= 0.6 is 0 Å². The SMILES string of the molecule is c1cnc(Oc2cccc(CNCCN3CCOCC3)c2)nc1. The van der Waals surface area contributed by atoms with Crippen molar-refractivity contribution in [2.45, 2.75) is 6.54 Å². The largest absolute Gasteiger partial charge is 0.424 e. The zero-order valence-corrected chi connectivity index (χ0v) is 13.1. The molecule has 0 amide bonds.